The van der Waals surface area contributed by atoms with Crippen molar-refractivity contribution in [1.29, 1.82) is 0 Å². The van der Waals surface area contributed by atoms with Crippen molar-refractivity contribution in [2.24, 2.45) is 0 Å². The average molecular weight is 111 g/mol. The first-order valence-electron chi connectivity index (χ1n) is 2.03. The third-order valence-corrected chi connectivity index (χ3v) is 0.736. The van der Waals surface area contributed by atoms with Crippen molar-refractivity contribution in [2.75, 3.05) is 0 Å². The van der Waals surface area contributed by atoms with Gasteiger partial charge in [-0.2, -0.15) is 0 Å². The molecule has 0 unspecified atom stereocenters. The summed E-state index contributed by atoms with van der Waals surface area (Å²) in [5, 5.41) is 0. The van der Waals surface area contributed by atoms with Gasteiger partial charge in [-0.25, -0.2) is 4.98 Å². The lowest BCUT2D eigenvalue weighted by Crippen LogP contribution is -1.73. The number of aromatic nitrogens is 2. The van der Waals surface area contributed by atoms with Crippen molar-refractivity contribution in [3.05, 3.63) is 25.3 Å². The van der Waals surface area contributed by atoms with Gasteiger partial charge in [0.25, 0.3) is 0 Å². The van der Waals surface area contributed by atoms with Crippen molar-refractivity contribution < 1.29 is 0 Å². The van der Waals surface area contributed by atoms with Crippen LogP contribution in [0.1, 0.15) is 0 Å². The van der Waals surface area contributed by atoms with Crippen molar-refractivity contribution in [1.82, 2.24) is 15.7 Å². The molecule has 0 fully saturated rings. The van der Waals surface area contributed by atoms with Gasteiger partial charge in [0.15, 0.2) is 0 Å². The number of hydrogen-bond donors (Lipinski definition) is 1. The Labute approximate surface area is 48.2 Å². The summed E-state index contributed by atoms with van der Waals surface area (Å²) in [4.78, 5) is 3.78. The van der Waals surface area contributed by atoms with Crippen LogP contribution in [-0.4, -0.2) is 9.55 Å². The van der Waals surface area contributed by atoms with Gasteiger partial charge in [0, 0.05) is 18.6 Å². The molecule has 3 nitrogen and oxygen atoms in total. The maximum absolute atomic E-state index is 3.78. The van der Waals surface area contributed by atoms with Crippen LogP contribution < -0.4 is 6.15 Å². The number of rotatable bonds is 1. The van der Waals surface area contributed by atoms with E-state index in [1.807, 2.05) is 6.20 Å². The van der Waals surface area contributed by atoms with Crippen LogP contribution in [0, 0.1) is 0 Å². The quantitative estimate of drug-likeness (QED) is 0.590. The minimum Gasteiger partial charge on any atom is -0.344 e. The van der Waals surface area contributed by atoms with Gasteiger partial charge in [-0.1, -0.05) is 6.58 Å². The van der Waals surface area contributed by atoms with Gasteiger partial charge in [-0.3, -0.25) is 0 Å². The van der Waals surface area contributed by atoms with E-state index in [-0.39, 0.29) is 6.15 Å². The number of imidazole rings is 1. The first-order valence-corrected chi connectivity index (χ1v) is 2.03. The molecule has 0 saturated carbocycles. The fraction of sp³-hybridized carbons (Fsp3) is 0. The zero-order chi connectivity index (χ0) is 5.11. The van der Waals surface area contributed by atoms with E-state index in [0.717, 1.165) is 0 Å². The van der Waals surface area contributed by atoms with E-state index in [9.17, 15) is 0 Å². The molecule has 0 saturated heterocycles. The minimum atomic E-state index is 0. The molecule has 3 N–H and O–H groups in total. The molecule has 0 aliphatic rings. The van der Waals surface area contributed by atoms with Gasteiger partial charge in [0.2, 0.25) is 0 Å². The average Bonchev–Trinajstić information content (AvgIpc) is 2.14. The maximum atomic E-state index is 3.78. The van der Waals surface area contributed by atoms with E-state index >= 15 is 0 Å². The maximum Gasteiger partial charge on any atom is 0.0986 e. The van der Waals surface area contributed by atoms with Crippen molar-refractivity contribution in [2.45, 2.75) is 0 Å². The van der Waals surface area contributed by atoms with Crippen LogP contribution in [0.4, 0.5) is 0 Å². The van der Waals surface area contributed by atoms with Crippen LogP contribution in [0.15, 0.2) is 25.3 Å². The first kappa shape index (κ1) is 6.91. The summed E-state index contributed by atoms with van der Waals surface area (Å²) in [6.45, 7) is 3.53. The van der Waals surface area contributed by atoms with Gasteiger partial charge < -0.3 is 10.7 Å². The van der Waals surface area contributed by atoms with Gasteiger partial charge in [0.1, 0.15) is 0 Å². The normalized spacial score (nSPS) is 7.50. The molecule has 1 aromatic rings. The summed E-state index contributed by atoms with van der Waals surface area (Å²) in [5.41, 5.74) is 0. The third-order valence-electron chi connectivity index (χ3n) is 0.736. The van der Waals surface area contributed by atoms with E-state index in [1.54, 1.807) is 23.3 Å². The topological polar surface area (TPSA) is 52.8 Å². The Kier molecular flexibility index (Phi) is 2.58. The zero-order valence-electron chi connectivity index (χ0n) is 4.62. The minimum absolute atomic E-state index is 0. The Morgan fingerprint density at radius 1 is 1.62 bits per heavy atom. The lowest BCUT2D eigenvalue weighted by Gasteiger charge is -1.80. The smallest absolute Gasteiger partial charge is 0.0986 e. The van der Waals surface area contributed by atoms with Crippen LogP contribution in [0.3, 0.4) is 0 Å². The van der Waals surface area contributed by atoms with Gasteiger partial charge in [0.05, 0.1) is 6.33 Å². The van der Waals surface area contributed by atoms with E-state index in [4.69, 9.17) is 0 Å². The molecule has 1 rings (SSSR count). The summed E-state index contributed by atoms with van der Waals surface area (Å²) in [6.07, 6.45) is 6.91. The Hall–Kier alpha value is -1.09. The first-order chi connectivity index (χ1) is 3.43. The number of nitrogens with zero attached hydrogens (tertiary/aromatic N) is 2. The van der Waals surface area contributed by atoms with Crippen molar-refractivity contribution in [3.8, 4) is 0 Å². The van der Waals surface area contributed by atoms with Crippen LogP contribution in [0.5, 0.6) is 0 Å². The van der Waals surface area contributed by atoms with Gasteiger partial charge in [-0.05, 0) is 0 Å². The molecular formula is C5H9N3. The zero-order valence-corrected chi connectivity index (χ0v) is 4.62. The van der Waals surface area contributed by atoms with E-state index in [0.29, 0.717) is 0 Å². The fourth-order valence-corrected chi connectivity index (χ4v) is 0.377. The molecule has 1 aromatic heterocycles. The number of hydrogen-bond acceptors (Lipinski definition) is 2. The van der Waals surface area contributed by atoms with Crippen LogP contribution in [0.2, 0.25) is 0 Å². The van der Waals surface area contributed by atoms with Gasteiger partial charge in [-0.15, -0.1) is 0 Å². The standard InChI is InChI=1S/C5H6N2.H3N/c1-2-7-4-3-6-5-7;/h2-5H,1H2;1H3. The molecule has 8 heavy (non-hydrogen) atoms. The molecule has 0 radical (unpaired) electrons. The van der Waals surface area contributed by atoms with Crippen molar-refractivity contribution >= 4 is 6.20 Å². The lowest BCUT2D eigenvalue weighted by atomic mass is 10.9. The summed E-state index contributed by atoms with van der Waals surface area (Å²) in [7, 11) is 0. The molecule has 1 heterocycles. The van der Waals surface area contributed by atoms with Crippen LogP contribution in [0.25, 0.3) is 6.20 Å². The Bertz CT molecular complexity index is 143. The highest BCUT2D eigenvalue weighted by Crippen LogP contribution is 1.81. The van der Waals surface area contributed by atoms with Gasteiger partial charge >= 0.3 is 0 Å². The molecule has 44 valence electrons. The Morgan fingerprint density at radius 2 is 2.38 bits per heavy atom. The molecule has 0 amide bonds. The predicted molar refractivity (Wildman–Crippen MR) is 33.6 cm³/mol. The second-order valence-corrected chi connectivity index (χ2v) is 1.19. The molecule has 0 aliphatic carbocycles. The Balaban J connectivity index is 0.000000490. The highest BCUT2D eigenvalue weighted by Gasteiger charge is 1.73. The Morgan fingerprint density at radius 3 is 2.62 bits per heavy atom. The summed E-state index contributed by atoms with van der Waals surface area (Å²) >= 11 is 0. The fourth-order valence-electron chi connectivity index (χ4n) is 0.377. The summed E-state index contributed by atoms with van der Waals surface area (Å²) < 4.78 is 1.78. The molecule has 0 spiro atoms. The summed E-state index contributed by atoms with van der Waals surface area (Å²) in [6, 6.07) is 0. The molecule has 3 heteroatoms. The largest absolute Gasteiger partial charge is 0.344 e. The van der Waals surface area contributed by atoms with Crippen LogP contribution >= 0.6 is 0 Å². The molecule has 0 atom stereocenters. The second kappa shape index (κ2) is 2.98. The monoisotopic (exact) mass is 111 g/mol. The SMILES string of the molecule is C=Cn1ccnc1.N. The molecule has 0 bridgehead atoms. The van der Waals surface area contributed by atoms with E-state index in [1.165, 1.54) is 0 Å². The van der Waals surface area contributed by atoms with Crippen LogP contribution in [-0.2, 0) is 0 Å². The van der Waals surface area contributed by atoms with E-state index in [2.05, 4.69) is 11.6 Å². The predicted octanol–water partition coefficient (Wildman–Crippen LogP) is 1.15. The highest BCUT2D eigenvalue weighted by atomic mass is 15.0. The molecule has 0 aliphatic heterocycles. The second-order valence-electron chi connectivity index (χ2n) is 1.19. The van der Waals surface area contributed by atoms with E-state index < -0.39 is 0 Å². The third kappa shape index (κ3) is 1.20. The summed E-state index contributed by atoms with van der Waals surface area (Å²) in [5.74, 6) is 0. The highest BCUT2D eigenvalue weighted by molar-refractivity contribution is 5.14. The molecular weight excluding hydrogens is 102 g/mol. The lowest BCUT2D eigenvalue weighted by molar-refractivity contribution is 1.14. The van der Waals surface area contributed by atoms with Crippen molar-refractivity contribution in [3.63, 3.8) is 0 Å². The molecule has 0 aromatic carbocycles.